The van der Waals surface area contributed by atoms with Crippen molar-refractivity contribution in [3.05, 3.63) is 0 Å². The molecule has 12 fully saturated rings. The van der Waals surface area contributed by atoms with Crippen molar-refractivity contribution < 1.29 is 0 Å². The van der Waals surface area contributed by atoms with Crippen molar-refractivity contribution in [1.82, 2.24) is 0 Å². The van der Waals surface area contributed by atoms with Crippen LogP contribution in [-0.2, 0) is 0 Å². The van der Waals surface area contributed by atoms with E-state index in [4.69, 9.17) is 0 Å². The van der Waals surface area contributed by atoms with Gasteiger partial charge in [-0.05, 0) is 168 Å². The van der Waals surface area contributed by atoms with E-state index in [9.17, 15) is 0 Å². The molecule has 30 heavy (non-hydrogen) atoms. The maximum absolute atomic E-state index is 2.95. The lowest BCUT2D eigenvalue weighted by molar-refractivity contribution is -0.626. The summed E-state index contributed by atoms with van der Waals surface area (Å²) in [5, 5.41) is 0. The Labute approximate surface area is 181 Å². The number of rotatable bonds is 1. The van der Waals surface area contributed by atoms with E-state index in [1.807, 2.05) is 0 Å². The van der Waals surface area contributed by atoms with Crippen molar-refractivity contribution in [3.63, 3.8) is 0 Å². The van der Waals surface area contributed by atoms with Crippen molar-refractivity contribution in [3.8, 4) is 0 Å². The molecule has 0 spiro atoms. The van der Waals surface area contributed by atoms with Crippen LogP contribution in [0.1, 0.15) is 65.2 Å². The molecule has 0 radical (unpaired) electrons. The number of hydrogen-bond acceptors (Lipinski definition) is 0. The highest BCUT2D eigenvalue weighted by molar-refractivity contribution is 5.52. The van der Waals surface area contributed by atoms with Crippen LogP contribution in [0.3, 0.4) is 0 Å². The predicted molar refractivity (Wildman–Crippen MR) is 114 cm³/mol. The second-order valence-electron chi connectivity index (χ2n) is 16.1. The molecular weight excluding hydrogens is 360 g/mol. The molecule has 0 N–H and O–H groups in total. The van der Waals surface area contributed by atoms with Gasteiger partial charge < -0.3 is 0 Å². The van der Waals surface area contributed by atoms with E-state index in [1.165, 1.54) is 94.7 Å². The lowest BCUT2D eigenvalue weighted by Crippen LogP contribution is -3.05. The minimum absolute atomic E-state index is 0.836. The van der Waals surface area contributed by atoms with Crippen LogP contribution in [0.15, 0.2) is 0 Å². The molecule has 0 nitrogen and oxygen atoms in total. The second-order valence-corrected chi connectivity index (χ2v) is 16.1. The van der Waals surface area contributed by atoms with Gasteiger partial charge in [-0.2, -0.15) is 0 Å². The highest BCUT2D eigenvalue weighted by Gasteiger charge is 3.06. The van der Waals surface area contributed by atoms with E-state index in [0.717, 1.165) is 21.7 Å². The first kappa shape index (κ1) is 15.0. The fraction of sp³-hybridized carbons (Fsp3) is 1.00. The van der Waals surface area contributed by atoms with Crippen LogP contribution in [0.4, 0.5) is 0 Å². The first-order valence-electron chi connectivity index (χ1n) is 14.7. The van der Waals surface area contributed by atoms with Crippen molar-refractivity contribution in [2.24, 2.45) is 116 Å². The summed E-state index contributed by atoms with van der Waals surface area (Å²) in [6.45, 7) is 5.91. The summed E-state index contributed by atoms with van der Waals surface area (Å²) < 4.78 is 0. The van der Waals surface area contributed by atoms with Crippen LogP contribution in [-0.4, -0.2) is 0 Å². The standard InChI is InChI=1S/C30H38/c1-27-15-7-9-17(15)29(27,25-21-13-5-3-11(13)19(21)23(25)27)30-18-10-8-16(18)28(30,2)24-20-12-4-6-14(12)22(20)26(24)30/h11-26H,3-10H2,1-2H3/t11?,12?,13?,14?,15?,16?,17?,18?,19?,20?,21?,22?,23?,24?,25?,26?,27-,28?,29-,30+/m0/s1. The molecule has 12 rings (SSSR count). The summed E-state index contributed by atoms with van der Waals surface area (Å²) in [6.07, 6.45) is 13.2. The van der Waals surface area contributed by atoms with E-state index < -0.39 is 0 Å². The predicted octanol–water partition coefficient (Wildman–Crippen LogP) is 6.12. The fourth-order valence-corrected chi connectivity index (χ4v) is 18.1. The lowest BCUT2D eigenvalue weighted by atomic mass is 8.95. The third-order valence-corrected chi connectivity index (χ3v) is 18.2. The molecule has 0 aromatic rings. The zero-order chi connectivity index (χ0) is 18.9. The van der Waals surface area contributed by atoms with Crippen LogP contribution in [0, 0.1) is 116 Å². The highest BCUT2D eigenvalue weighted by Crippen LogP contribution is 3.10. The normalized spacial score (nSPS) is 89.8. The molecule has 0 heteroatoms. The zero-order valence-electron chi connectivity index (χ0n) is 18.9. The van der Waals surface area contributed by atoms with Gasteiger partial charge in [-0.3, -0.25) is 0 Å². The van der Waals surface area contributed by atoms with E-state index >= 15 is 0 Å². The third kappa shape index (κ3) is 0.807. The Hall–Kier alpha value is 0. The number of fused-ring (bicyclic) bond motifs is 27. The molecule has 0 bridgehead atoms. The summed E-state index contributed by atoms with van der Waals surface area (Å²) in [4.78, 5) is 0. The largest absolute Gasteiger partial charge is 0.0585 e. The van der Waals surface area contributed by atoms with Gasteiger partial charge in [-0.15, -0.1) is 0 Å². The molecule has 158 valence electrons. The zero-order valence-corrected chi connectivity index (χ0v) is 18.9. The Morgan fingerprint density at radius 2 is 0.733 bits per heavy atom. The summed E-state index contributed by atoms with van der Waals surface area (Å²) in [5.74, 6) is 19.8. The van der Waals surface area contributed by atoms with Crippen LogP contribution in [0.5, 0.6) is 0 Å². The maximum atomic E-state index is 2.95. The SMILES string of the molecule is CC12C3CCC3[C@@]1([C@]13C4CCC4[C@@]1(C)C1C4C5CCC5C4C13)C1C3C4CCC4C3C12. The Kier molecular flexibility index (Phi) is 1.78. The average molecular weight is 399 g/mol. The number of hydrogen-bond donors (Lipinski definition) is 0. The Morgan fingerprint density at radius 3 is 1.03 bits per heavy atom. The minimum Gasteiger partial charge on any atom is -0.0585 e. The second kappa shape index (κ2) is 3.55. The van der Waals surface area contributed by atoms with Gasteiger partial charge in [0.1, 0.15) is 0 Å². The molecule has 0 saturated heterocycles. The summed E-state index contributed by atoms with van der Waals surface area (Å²) in [7, 11) is 0. The average Bonchev–Trinajstić information content (AvgIpc) is 2.61. The van der Waals surface area contributed by atoms with Crippen LogP contribution in [0.2, 0.25) is 0 Å². The van der Waals surface area contributed by atoms with Gasteiger partial charge >= 0.3 is 0 Å². The molecule has 0 amide bonds. The first-order valence-corrected chi connectivity index (χ1v) is 14.7. The van der Waals surface area contributed by atoms with Crippen LogP contribution >= 0.6 is 0 Å². The molecule has 17 unspecified atom stereocenters. The van der Waals surface area contributed by atoms with Crippen LogP contribution < -0.4 is 0 Å². The Bertz CT molecular complexity index is 932. The van der Waals surface area contributed by atoms with Gasteiger partial charge in [0.05, 0.1) is 0 Å². The first-order chi connectivity index (χ1) is 14.7. The summed E-state index contributed by atoms with van der Waals surface area (Å²) in [5.41, 5.74) is 3.46. The van der Waals surface area contributed by atoms with E-state index in [0.29, 0.717) is 0 Å². The summed E-state index contributed by atoms with van der Waals surface area (Å²) in [6, 6.07) is 0. The third-order valence-electron chi connectivity index (χ3n) is 18.2. The topological polar surface area (TPSA) is 0 Å². The van der Waals surface area contributed by atoms with Crippen molar-refractivity contribution in [1.29, 1.82) is 0 Å². The molecule has 0 aromatic heterocycles. The minimum atomic E-state index is 0.836. The fourth-order valence-electron chi connectivity index (χ4n) is 18.1. The van der Waals surface area contributed by atoms with Gasteiger partial charge in [0.15, 0.2) is 0 Å². The monoisotopic (exact) mass is 398 g/mol. The lowest BCUT2D eigenvalue weighted by Gasteiger charge is -3.09. The molecule has 0 heterocycles. The smallest absolute Gasteiger partial charge is 0.0105 e. The van der Waals surface area contributed by atoms with Crippen molar-refractivity contribution >= 4 is 0 Å². The van der Waals surface area contributed by atoms with E-state index in [2.05, 4.69) is 13.8 Å². The quantitative estimate of drug-likeness (QED) is 0.467. The summed E-state index contributed by atoms with van der Waals surface area (Å²) >= 11 is 0. The van der Waals surface area contributed by atoms with Crippen LogP contribution in [0.25, 0.3) is 0 Å². The Balaban J connectivity index is 1.09. The molecule has 0 aliphatic heterocycles. The molecule has 12 saturated carbocycles. The van der Waals surface area contributed by atoms with Gasteiger partial charge in [0.25, 0.3) is 0 Å². The highest BCUT2D eigenvalue weighted by atomic mass is 15.1. The molecular formula is C30H38. The van der Waals surface area contributed by atoms with Crippen molar-refractivity contribution in [2.45, 2.75) is 65.2 Å². The van der Waals surface area contributed by atoms with Gasteiger partial charge in [-0.25, -0.2) is 0 Å². The van der Waals surface area contributed by atoms with Gasteiger partial charge in [-0.1, -0.05) is 13.8 Å². The molecule has 0 aromatic carbocycles. The van der Waals surface area contributed by atoms with E-state index in [1.54, 1.807) is 51.4 Å². The van der Waals surface area contributed by atoms with Gasteiger partial charge in [0.2, 0.25) is 0 Å². The molecule has 12 aliphatic rings. The van der Waals surface area contributed by atoms with Gasteiger partial charge in [0, 0.05) is 0 Å². The van der Waals surface area contributed by atoms with Crippen molar-refractivity contribution in [2.75, 3.05) is 0 Å². The Morgan fingerprint density at radius 1 is 0.400 bits per heavy atom. The molecule has 12 aliphatic carbocycles. The van der Waals surface area contributed by atoms with E-state index in [-0.39, 0.29) is 0 Å². The molecule has 20 atom stereocenters. The maximum Gasteiger partial charge on any atom is -0.0105 e.